The molecule has 2 aliphatic rings. The molecule has 0 spiro atoms. The van der Waals surface area contributed by atoms with Crippen LogP contribution in [0.5, 0.6) is 5.75 Å². The van der Waals surface area contributed by atoms with Crippen LogP contribution in [-0.4, -0.2) is 45.5 Å². The van der Waals surface area contributed by atoms with E-state index < -0.39 is 10.0 Å². The fourth-order valence-electron chi connectivity index (χ4n) is 3.98. The van der Waals surface area contributed by atoms with E-state index in [9.17, 15) is 13.2 Å². The maximum atomic E-state index is 12.8. The number of benzene rings is 1. The predicted octanol–water partition coefficient (Wildman–Crippen LogP) is 3.94. The number of rotatable bonds is 6. The lowest BCUT2D eigenvalue weighted by Gasteiger charge is -2.21. The van der Waals surface area contributed by atoms with Gasteiger partial charge in [0.25, 0.3) is 0 Å². The zero-order chi connectivity index (χ0) is 20.7. The Bertz CT molecular complexity index is 760. The summed E-state index contributed by atoms with van der Waals surface area (Å²) in [7, 11) is -1.97. The molecule has 3 rings (SSSR count). The molecule has 1 aromatic carbocycles. The highest BCUT2D eigenvalue weighted by molar-refractivity contribution is 7.89. The van der Waals surface area contributed by atoms with Gasteiger partial charge in [0.1, 0.15) is 5.75 Å². The number of hydrogen-bond acceptors (Lipinski definition) is 4. The molecule has 2 N–H and O–H groups in total. The average Bonchev–Trinajstić information content (AvgIpc) is 3.18. The van der Waals surface area contributed by atoms with E-state index in [1.165, 1.54) is 23.6 Å². The molecule has 1 aliphatic heterocycles. The van der Waals surface area contributed by atoms with Gasteiger partial charge in [-0.3, -0.25) is 0 Å². The first-order valence-corrected chi connectivity index (χ1v) is 12.0. The quantitative estimate of drug-likeness (QED) is 0.687. The van der Waals surface area contributed by atoms with Crippen molar-refractivity contribution in [1.82, 2.24) is 14.9 Å². The molecule has 1 heterocycles. The molecule has 0 aromatic heterocycles. The zero-order valence-electron chi connectivity index (χ0n) is 18.6. The Balaban J connectivity index is 0.00000240. The number of urea groups is 1. The lowest BCUT2D eigenvalue weighted by Crippen LogP contribution is -2.41. The summed E-state index contributed by atoms with van der Waals surface area (Å²) >= 11 is 0. The van der Waals surface area contributed by atoms with Gasteiger partial charge in [0, 0.05) is 19.6 Å². The van der Waals surface area contributed by atoms with Crippen LogP contribution in [-0.2, 0) is 10.0 Å². The van der Waals surface area contributed by atoms with Gasteiger partial charge >= 0.3 is 6.03 Å². The molecule has 1 aromatic rings. The molecular formula is C23H36N3O4S. The van der Waals surface area contributed by atoms with Crippen molar-refractivity contribution in [2.24, 2.45) is 5.92 Å². The second-order valence-electron chi connectivity index (χ2n) is 7.90. The van der Waals surface area contributed by atoms with Gasteiger partial charge in [0.05, 0.1) is 18.0 Å². The molecule has 31 heavy (non-hydrogen) atoms. The maximum absolute atomic E-state index is 12.8. The number of ether oxygens (including phenoxy) is 1. The van der Waals surface area contributed by atoms with Crippen molar-refractivity contribution >= 4 is 16.1 Å². The van der Waals surface area contributed by atoms with Crippen LogP contribution >= 0.6 is 0 Å². The van der Waals surface area contributed by atoms with Crippen LogP contribution in [0.4, 0.5) is 4.79 Å². The minimum atomic E-state index is -3.52. The number of methoxy groups -OCH3 is 1. The Kier molecular flexibility index (Phi) is 11.3. The van der Waals surface area contributed by atoms with Gasteiger partial charge in [0.15, 0.2) is 0 Å². The number of sulfonamides is 1. The lowest BCUT2D eigenvalue weighted by molar-refractivity contribution is 0.238. The molecule has 2 amide bonds. The van der Waals surface area contributed by atoms with Crippen LogP contribution in [0.25, 0.3) is 0 Å². The van der Waals surface area contributed by atoms with E-state index in [0.29, 0.717) is 25.4 Å². The Morgan fingerprint density at radius 3 is 2.29 bits per heavy atom. The molecule has 1 unspecified atom stereocenters. The third-order valence-corrected chi connectivity index (χ3v) is 7.62. The first kappa shape index (κ1) is 27.2. The standard InChI is InChI=1S/C21H32N3O4S.2CH2/c1-28-19-9-11-20(12-10-19)29(26,27)24-14-13-17(16-24)15-22-21(25)23-18-7-5-3-2-4-6-8-18;;/h9-12,17H,2-8,13-16H2,1H3,(H2,22,23,25);2*1H2. The minimum Gasteiger partial charge on any atom is -0.497 e. The molecule has 1 saturated heterocycles. The van der Waals surface area contributed by atoms with Crippen molar-refractivity contribution in [3.05, 3.63) is 45.2 Å². The summed E-state index contributed by atoms with van der Waals surface area (Å²) in [6.45, 7) is 1.37. The minimum absolute atomic E-state index is 0. The fourth-order valence-corrected chi connectivity index (χ4v) is 5.51. The van der Waals surface area contributed by atoms with Crippen molar-refractivity contribution in [2.75, 3.05) is 26.7 Å². The second-order valence-corrected chi connectivity index (χ2v) is 9.84. The SMILES string of the molecule is COc1ccc(S(=O)(=O)N2CCC(CNC(=O)N[C]3CCCCCCC3)C2)cc1.[CH2].[CH2]. The van der Waals surface area contributed by atoms with Gasteiger partial charge in [-0.2, -0.15) is 4.31 Å². The summed E-state index contributed by atoms with van der Waals surface area (Å²) in [6, 6.07) is 7.40. The average molecular weight is 451 g/mol. The first-order valence-electron chi connectivity index (χ1n) is 10.5. The van der Waals surface area contributed by atoms with Crippen molar-refractivity contribution in [2.45, 2.75) is 56.3 Å². The van der Waals surface area contributed by atoms with Gasteiger partial charge in [-0.25, -0.2) is 13.2 Å². The third kappa shape index (κ3) is 7.68. The van der Waals surface area contributed by atoms with E-state index in [1.54, 1.807) is 31.4 Å². The molecule has 173 valence electrons. The molecule has 2 fully saturated rings. The highest BCUT2D eigenvalue weighted by atomic mass is 32.2. The Morgan fingerprint density at radius 1 is 1.06 bits per heavy atom. The Morgan fingerprint density at radius 2 is 1.68 bits per heavy atom. The normalized spacial score (nSPS) is 20.5. The van der Waals surface area contributed by atoms with E-state index in [4.69, 9.17) is 4.74 Å². The fraction of sp³-hybridized carbons (Fsp3) is 0.565. The smallest absolute Gasteiger partial charge is 0.315 e. The topological polar surface area (TPSA) is 87.7 Å². The largest absolute Gasteiger partial charge is 0.497 e. The number of carbonyl (C=O) groups is 1. The molecule has 0 bridgehead atoms. The highest BCUT2D eigenvalue weighted by Gasteiger charge is 2.32. The molecule has 1 saturated carbocycles. The third-order valence-electron chi connectivity index (χ3n) is 5.74. The van der Waals surface area contributed by atoms with Crippen molar-refractivity contribution < 1.29 is 17.9 Å². The van der Waals surface area contributed by atoms with Gasteiger partial charge in [-0.1, -0.05) is 47.0 Å². The highest BCUT2D eigenvalue weighted by Crippen LogP contribution is 2.25. The van der Waals surface area contributed by atoms with E-state index in [0.717, 1.165) is 38.1 Å². The van der Waals surface area contributed by atoms with Gasteiger partial charge in [-0.15, -0.1) is 0 Å². The zero-order valence-corrected chi connectivity index (χ0v) is 19.4. The summed E-state index contributed by atoms with van der Waals surface area (Å²) in [5.74, 6) is 0.747. The molecule has 8 heteroatoms. The van der Waals surface area contributed by atoms with Gasteiger partial charge < -0.3 is 15.4 Å². The Labute approximate surface area is 189 Å². The molecule has 7 nitrogen and oxygen atoms in total. The van der Waals surface area contributed by atoms with E-state index in [1.807, 2.05) is 0 Å². The van der Waals surface area contributed by atoms with E-state index in [-0.39, 0.29) is 31.7 Å². The van der Waals surface area contributed by atoms with E-state index >= 15 is 0 Å². The van der Waals surface area contributed by atoms with Crippen LogP contribution in [0.1, 0.15) is 51.4 Å². The van der Waals surface area contributed by atoms with Crippen molar-refractivity contribution in [1.29, 1.82) is 0 Å². The van der Waals surface area contributed by atoms with Crippen LogP contribution in [0.3, 0.4) is 0 Å². The number of nitrogens with one attached hydrogen (secondary N) is 2. The maximum Gasteiger partial charge on any atom is 0.315 e. The van der Waals surface area contributed by atoms with Crippen LogP contribution < -0.4 is 15.4 Å². The van der Waals surface area contributed by atoms with Gasteiger partial charge in [-0.05, 0) is 49.4 Å². The van der Waals surface area contributed by atoms with Gasteiger partial charge in [0.2, 0.25) is 10.0 Å². The van der Waals surface area contributed by atoms with Crippen LogP contribution in [0.2, 0.25) is 0 Å². The lowest BCUT2D eigenvalue weighted by atomic mass is 9.97. The summed E-state index contributed by atoms with van der Waals surface area (Å²) < 4.78 is 32.2. The van der Waals surface area contributed by atoms with Crippen LogP contribution in [0, 0.1) is 26.8 Å². The molecular weight excluding hydrogens is 414 g/mol. The summed E-state index contributed by atoms with van der Waals surface area (Å²) in [5.41, 5.74) is 0. The first-order chi connectivity index (χ1) is 14.0. The molecule has 1 atom stereocenters. The Hall–Kier alpha value is -1.80. The molecule has 5 radical (unpaired) electrons. The molecule has 1 aliphatic carbocycles. The van der Waals surface area contributed by atoms with Crippen molar-refractivity contribution in [3.63, 3.8) is 0 Å². The van der Waals surface area contributed by atoms with E-state index in [2.05, 4.69) is 10.6 Å². The summed E-state index contributed by atoms with van der Waals surface area (Å²) in [5, 5.41) is 5.94. The summed E-state index contributed by atoms with van der Waals surface area (Å²) in [4.78, 5) is 12.5. The number of nitrogens with zero attached hydrogens (tertiary/aromatic N) is 1. The number of hydrogen-bond donors (Lipinski definition) is 2. The number of amides is 2. The summed E-state index contributed by atoms with van der Waals surface area (Å²) in [6.07, 6.45) is 8.69. The predicted molar refractivity (Wildman–Crippen MR) is 123 cm³/mol. The number of carbonyl (C=O) groups excluding carboxylic acids is 1. The van der Waals surface area contributed by atoms with Crippen LogP contribution in [0.15, 0.2) is 29.2 Å². The second kappa shape index (κ2) is 12.9. The van der Waals surface area contributed by atoms with Crippen molar-refractivity contribution in [3.8, 4) is 5.75 Å². The monoisotopic (exact) mass is 450 g/mol.